The second kappa shape index (κ2) is 6.75. The van der Waals surface area contributed by atoms with Crippen molar-refractivity contribution < 1.29 is 4.74 Å². The molecule has 3 nitrogen and oxygen atoms in total. The summed E-state index contributed by atoms with van der Waals surface area (Å²) in [6, 6.07) is 6.33. The standard InChI is InChI=1S/C16H22N2OS/c1-5-18(6-2)15-10-13(8-9-16(15)19-7-3)14-11-20-12(4)17-14/h8-11H,5-7H2,1-4H3. The fourth-order valence-electron chi connectivity index (χ4n) is 2.26. The number of hydrogen-bond acceptors (Lipinski definition) is 4. The van der Waals surface area contributed by atoms with Gasteiger partial charge in [0.1, 0.15) is 5.75 Å². The molecule has 0 amide bonds. The van der Waals surface area contributed by atoms with Gasteiger partial charge in [-0.2, -0.15) is 0 Å². The van der Waals surface area contributed by atoms with Crippen LogP contribution in [0.25, 0.3) is 11.3 Å². The SMILES string of the molecule is CCOc1ccc(-c2csc(C)n2)cc1N(CC)CC. The van der Waals surface area contributed by atoms with Crippen LogP contribution >= 0.6 is 11.3 Å². The summed E-state index contributed by atoms with van der Waals surface area (Å²) in [5.74, 6) is 0.951. The lowest BCUT2D eigenvalue weighted by molar-refractivity contribution is 0.340. The van der Waals surface area contributed by atoms with Crippen LogP contribution in [-0.4, -0.2) is 24.7 Å². The summed E-state index contributed by atoms with van der Waals surface area (Å²) >= 11 is 1.68. The van der Waals surface area contributed by atoms with E-state index in [4.69, 9.17) is 4.74 Å². The zero-order valence-corrected chi connectivity index (χ0v) is 13.5. The fourth-order valence-corrected chi connectivity index (χ4v) is 2.88. The quantitative estimate of drug-likeness (QED) is 0.790. The number of thiazole rings is 1. The maximum absolute atomic E-state index is 5.76. The molecule has 2 rings (SSSR count). The van der Waals surface area contributed by atoms with Crippen LogP contribution < -0.4 is 9.64 Å². The minimum absolute atomic E-state index is 0.684. The molecule has 0 atom stereocenters. The summed E-state index contributed by atoms with van der Waals surface area (Å²) in [6.07, 6.45) is 0. The Hall–Kier alpha value is -1.55. The molecule has 0 unspecified atom stereocenters. The minimum Gasteiger partial charge on any atom is -0.492 e. The van der Waals surface area contributed by atoms with E-state index >= 15 is 0 Å². The zero-order valence-electron chi connectivity index (χ0n) is 12.6. The molecule has 0 saturated heterocycles. The number of rotatable bonds is 6. The van der Waals surface area contributed by atoms with Gasteiger partial charge in [-0.1, -0.05) is 0 Å². The summed E-state index contributed by atoms with van der Waals surface area (Å²) in [4.78, 5) is 6.88. The maximum Gasteiger partial charge on any atom is 0.142 e. The highest BCUT2D eigenvalue weighted by Gasteiger charge is 2.12. The Morgan fingerprint density at radius 1 is 1.20 bits per heavy atom. The molecule has 0 radical (unpaired) electrons. The Labute approximate surface area is 125 Å². The summed E-state index contributed by atoms with van der Waals surface area (Å²) in [6.45, 7) is 11.0. The van der Waals surface area contributed by atoms with Gasteiger partial charge in [0.25, 0.3) is 0 Å². The smallest absolute Gasteiger partial charge is 0.142 e. The second-order valence-corrected chi connectivity index (χ2v) is 5.60. The van der Waals surface area contributed by atoms with Gasteiger partial charge in [0.05, 0.1) is 23.0 Å². The van der Waals surface area contributed by atoms with E-state index in [1.54, 1.807) is 11.3 Å². The van der Waals surface area contributed by atoms with E-state index in [1.165, 1.54) is 0 Å². The van der Waals surface area contributed by atoms with Gasteiger partial charge in [0, 0.05) is 24.0 Å². The highest BCUT2D eigenvalue weighted by atomic mass is 32.1. The maximum atomic E-state index is 5.76. The van der Waals surface area contributed by atoms with E-state index in [9.17, 15) is 0 Å². The molecule has 4 heteroatoms. The van der Waals surface area contributed by atoms with Crippen LogP contribution in [-0.2, 0) is 0 Å². The molecule has 0 N–H and O–H groups in total. The van der Waals surface area contributed by atoms with Gasteiger partial charge >= 0.3 is 0 Å². The van der Waals surface area contributed by atoms with Gasteiger partial charge in [0.15, 0.2) is 0 Å². The predicted molar refractivity (Wildman–Crippen MR) is 87.0 cm³/mol. The fraction of sp³-hybridized carbons (Fsp3) is 0.438. The lowest BCUT2D eigenvalue weighted by Gasteiger charge is -2.24. The van der Waals surface area contributed by atoms with Gasteiger partial charge in [-0.15, -0.1) is 11.3 Å². The van der Waals surface area contributed by atoms with E-state index in [-0.39, 0.29) is 0 Å². The number of ether oxygens (including phenoxy) is 1. The van der Waals surface area contributed by atoms with Crippen molar-refractivity contribution in [1.82, 2.24) is 4.98 Å². The van der Waals surface area contributed by atoms with E-state index in [0.717, 1.165) is 40.8 Å². The van der Waals surface area contributed by atoms with Crippen LogP contribution in [0.4, 0.5) is 5.69 Å². The van der Waals surface area contributed by atoms with Crippen molar-refractivity contribution in [2.75, 3.05) is 24.6 Å². The molecule has 0 aliphatic carbocycles. The van der Waals surface area contributed by atoms with Gasteiger partial charge < -0.3 is 9.64 Å². The van der Waals surface area contributed by atoms with Gasteiger partial charge in [0.2, 0.25) is 0 Å². The van der Waals surface area contributed by atoms with Crippen molar-refractivity contribution in [3.05, 3.63) is 28.6 Å². The van der Waals surface area contributed by atoms with Crippen LogP contribution in [0.3, 0.4) is 0 Å². The summed E-state index contributed by atoms with van der Waals surface area (Å²) < 4.78 is 5.76. The molecular weight excluding hydrogens is 268 g/mol. The molecule has 20 heavy (non-hydrogen) atoms. The van der Waals surface area contributed by atoms with Crippen molar-refractivity contribution in [3.63, 3.8) is 0 Å². The van der Waals surface area contributed by atoms with Crippen LogP contribution in [0, 0.1) is 6.92 Å². The number of nitrogens with zero attached hydrogens (tertiary/aromatic N) is 2. The molecule has 0 aliphatic rings. The van der Waals surface area contributed by atoms with Gasteiger partial charge in [-0.25, -0.2) is 4.98 Å². The molecule has 0 fully saturated rings. The predicted octanol–water partition coefficient (Wildman–Crippen LogP) is 4.36. The first kappa shape index (κ1) is 14.9. The Balaban J connectivity index is 2.44. The Kier molecular flexibility index (Phi) is 5.01. The molecule has 0 bridgehead atoms. The largest absolute Gasteiger partial charge is 0.492 e. The Bertz CT molecular complexity index is 561. The van der Waals surface area contributed by atoms with Crippen molar-refractivity contribution in [2.45, 2.75) is 27.7 Å². The molecule has 1 aromatic carbocycles. The molecule has 1 aromatic heterocycles. The molecular formula is C16H22N2OS. The molecule has 0 saturated carbocycles. The first-order valence-electron chi connectivity index (χ1n) is 7.13. The number of hydrogen-bond donors (Lipinski definition) is 0. The Morgan fingerprint density at radius 2 is 1.95 bits per heavy atom. The number of aromatic nitrogens is 1. The average molecular weight is 290 g/mol. The normalized spacial score (nSPS) is 10.6. The highest BCUT2D eigenvalue weighted by molar-refractivity contribution is 7.09. The van der Waals surface area contributed by atoms with Crippen molar-refractivity contribution >= 4 is 17.0 Å². The van der Waals surface area contributed by atoms with E-state index in [2.05, 4.69) is 47.3 Å². The zero-order chi connectivity index (χ0) is 14.5. The molecule has 2 aromatic rings. The lowest BCUT2D eigenvalue weighted by Crippen LogP contribution is -2.22. The second-order valence-electron chi connectivity index (χ2n) is 4.54. The van der Waals surface area contributed by atoms with Crippen LogP contribution in [0.1, 0.15) is 25.8 Å². The van der Waals surface area contributed by atoms with Crippen molar-refractivity contribution in [1.29, 1.82) is 0 Å². The monoisotopic (exact) mass is 290 g/mol. The van der Waals surface area contributed by atoms with Crippen LogP contribution in [0.15, 0.2) is 23.6 Å². The van der Waals surface area contributed by atoms with E-state index < -0.39 is 0 Å². The molecule has 1 heterocycles. The average Bonchev–Trinajstić information content (AvgIpc) is 2.88. The van der Waals surface area contributed by atoms with Gasteiger partial charge in [-0.3, -0.25) is 0 Å². The molecule has 108 valence electrons. The van der Waals surface area contributed by atoms with E-state index in [0.29, 0.717) is 6.61 Å². The third kappa shape index (κ3) is 3.12. The van der Waals surface area contributed by atoms with Crippen LogP contribution in [0.2, 0.25) is 0 Å². The van der Waals surface area contributed by atoms with Crippen molar-refractivity contribution in [2.24, 2.45) is 0 Å². The lowest BCUT2D eigenvalue weighted by atomic mass is 10.1. The first-order valence-corrected chi connectivity index (χ1v) is 8.01. The van der Waals surface area contributed by atoms with E-state index in [1.807, 2.05) is 13.8 Å². The first-order chi connectivity index (χ1) is 9.69. The van der Waals surface area contributed by atoms with Crippen LogP contribution in [0.5, 0.6) is 5.75 Å². The Morgan fingerprint density at radius 3 is 2.50 bits per heavy atom. The topological polar surface area (TPSA) is 25.4 Å². The minimum atomic E-state index is 0.684. The number of aryl methyl sites for hydroxylation is 1. The summed E-state index contributed by atoms with van der Waals surface area (Å²) in [5, 5.41) is 3.20. The summed E-state index contributed by atoms with van der Waals surface area (Å²) in [7, 11) is 0. The molecule has 0 aliphatic heterocycles. The number of anilines is 1. The third-order valence-corrected chi connectivity index (χ3v) is 4.05. The highest BCUT2D eigenvalue weighted by Crippen LogP contribution is 2.33. The third-order valence-electron chi connectivity index (χ3n) is 3.28. The van der Waals surface area contributed by atoms with Crippen molar-refractivity contribution in [3.8, 4) is 17.0 Å². The number of benzene rings is 1. The summed E-state index contributed by atoms with van der Waals surface area (Å²) in [5.41, 5.74) is 3.35. The molecule has 0 spiro atoms. The van der Waals surface area contributed by atoms with Gasteiger partial charge in [-0.05, 0) is 45.9 Å².